The molecular formula is C18H25N3O2. The molecule has 0 aliphatic carbocycles. The van der Waals surface area contributed by atoms with Crippen LogP contribution in [0.4, 0.5) is 0 Å². The van der Waals surface area contributed by atoms with E-state index in [1.807, 2.05) is 42.7 Å². The van der Waals surface area contributed by atoms with Crippen molar-refractivity contribution in [3.05, 3.63) is 53.9 Å². The predicted molar refractivity (Wildman–Crippen MR) is 89.1 cm³/mol. The SMILES string of the molecule is O[C@H](COCc1ccccc1)CN1CCC(c2cn[nH]c2)CC1. The number of hydrogen-bond acceptors (Lipinski definition) is 4. The van der Waals surface area contributed by atoms with Gasteiger partial charge in [0.05, 0.1) is 25.5 Å². The molecule has 124 valence electrons. The van der Waals surface area contributed by atoms with Gasteiger partial charge in [0.2, 0.25) is 0 Å². The smallest absolute Gasteiger partial charge is 0.0900 e. The Balaban J connectivity index is 1.34. The van der Waals surface area contributed by atoms with Crippen molar-refractivity contribution < 1.29 is 9.84 Å². The minimum absolute atomic E-state index is 0.385. The van der Waals surface area contributed by atoms with Gasteiger partial charge in [-0.2, -0.15) is 5.10 Å². The van der Waals surface area contributed by atoms with Crippen LogP contribution in [0.3, 0.4) is 0 Å². The van der Waals surface area contributed by atoms with E-state index in [1.165, 1.54) is 5.56 Å². The van der Waals surface area contributed by atoms with E-state index in [0.29, 0.717) is 25.7 Å². The summed E-state index contributed by atoms with van der Waals surface area (Å²) < 4.78 is 5.61. The van der Waals surface area contributed by atoms with Gasteiger partial charge in [-0.05, 0) is 43.0 Å². The van der Waals surface area contributed by atoms with E-state index < -0.39 is 6.10 Å². The van der Waals surface area contributed by atoms with Gasteiger partial charge in [0, 0.05) is 12.7 Å². The maximum absolute atomic E-state index is 10.1. The molecule has 1 aliphatic heterocycles. The number of benzene rings is 1. The molecule has 3 rings (SSSR count). The molecule has 1 saturated heterocycles. The van der Waals surface area contributed by atoms with Gasteiger partial charge in [0.25, 0.3) is 0 Å². The second-order valence-electron chi connectivity index (χ2n) is 6.26. The lowest BCUT2D eigenvalue weighted by Gasteiger charge is -2.32. The van der Waals surface area contributed by atoms with Gasteiger partial charge in [0.1, 0.15) is 0 Å². The largest absolute Gasteiger partial charge is 0.389 e. The number of aliphatic hydroxyl groups excluding tert-OH is 1. The minimum atomic E-state index is -0.427. The molecule has 0 saturated carbocycles. The maximum atomic E-state index is 10.1. The van der Waals surface area contributed by atoms with Gasteiger partial charge in [-0.25, -0.2) is 0 Å². The highest BCUT2D eigenvalue weighted by atomic mass is 16.5. The third kappa shape index (κ3) is 4.89. The van der Waals surface area contributed by atoms with Crippen molar-refractivity contribution >= 4 is 0 Å². The highest BCUT2D eigenvalue weighted by molar-refractivity contribution is 5.13. The quantitative estimate of drug-likeness (QED) is 0.822. The second-order valence-corrected chi connectivity index (χ2v) is 6.26. The van der Waals surface area contributed by atoms with E-state index in [0.717, 1.165) is 31.5 Å². The Morgan fingerprint density at radius 1 is 1.26 bits per heavy atom. The van der Waals surface area contributed by atoms with E-state index in [2.05, 4.69) is 15.1 Å². The Morgan fingerprint density at radius 3 is 2.74 bits per heavy atom. The van der Waals surface area contributed by atoms with Gasteiger partial charge >= 0.3 is 0 Å². The Morgan fingerprint density at radius 2 is 2.04 bits per heavy atom. The van der Waals surface area contributed by atoms with E-state index in [4.69, 9.17) is 4.74 Å². The number of likely N-dealkylation sites (tertiary alicyclic amines) is 1. The van der Waals surface area contributed by atoms with E-state index in [1.54, 1.807) is 0 Å². The molecule has 0 amide bonds. The number of nitrogens with zero attached hydrogens (tertiary/aromatic N) is 2. The fourth-order valence-electron chi connectivity index (χ4n) is 3.17. The van der Waals surface area contributed by atoms with Crippen molar-refractivity contribution in [2.24, 2.45) is 0 Å². The van der Waals surface area contributed by atoms with Gasteiger partial charge in [-0.1, -0.05) is 30.3 Å². The Hall–Kier alpha value is -1.69. The number of ether oxygens (including phenoxy) is 1. The van der Waals surface area contributed by atoms with E-state index >= 15 is 0 Å². The average molecular weight is 315 g/mol. The van der Waals surface area contributed by atoms with Crippen LogP contribution < -0.4 is 0 Å². The zero-order valence-corrected chi connectivity index (χ0v) is 13.4. The third-order valence-corrected chi connectivity index (χ3v) is 4.47. The van der Waals surface area contributed by atoms with Gasteiger partial charge in [0.15, 0.2) is 0 Å². The molecule has 5 nitrogen and oxygen atoms in total. The van der Waals surface area contributed by atoms with Gasteiger partial charge in [-0.15, -0.1) is 0 Å². The molecule has 2 N–H and O–H groups in total. The van der Waals surface area contributed by atoms with Crippen molar-refractivity contribution in [1.82, 2.24) is 15.1 Å². The van der Waals surface area contributed by atoms with Crippen molar-refractivity contribution in [2.75, 3.05) is 26.2 Å². The summed E-state index contributed by atoms with van der Waals surface area (Å²) in [5.41, 5.74) is 2.44. The van der Waals surface area contributed by atoms with Crippen molar-refractivity contribution in [1.29, 1.82) is 0 Å². The fourth-order valence-corrected chi connectivity index (χ4v) is 3.17. The molecule has 2 aromatic rings. The summed E-state index contributed by atoms with van der Waals surface area (Å²) in [5, 5.41) is 17.1. The Bertz CT molecular complexity index is 551. The van der Waals surface area contributed by atoms with Crippen LogP contribution in [0.15, 0.2) is 42.7 Å². The number of β-amino-alcohol motifs (C(OH)–C–C–N with tert-alkyl or cyclic N) is 1. The molecule has 0 radical (unpaired) electrons. The first-order valence-corrected chi connectivity index (χ1v) is 8.32. The number of nitrogens with one attached hydrogen (secondary N) is 1. The molecule has 0 bridgehead atoms. The summed E-state index contributed by atoms with van der Waals surface area (Å²) in [7, 11) is 0. The lowest BCUT2D eigenvalue weighted by atomic mass is 9.91. The number of piperidine rings is 1. The van der Waals surface area contributed by atoms with E-state index in [9.17, 15) is 5.11 Å². The lowest BCUT2D eigenvalue weighted by molar-refractivity contribution is 0.00622. The number of hydrogen-bond donors (Lipinski definition) is 2. The molecule has 0 unspecified atom stereocenters. The van der Waals surface area contributed by atoms with Crippen LogP contribution in [0.5, 0.6) is 0 Å². The van der Waals surface area contributed by atoms with Crippen molar-refractivity contribution in [3.8, 4) is 0 Å². The summed E-state index contributed by atoms with van der Waals surface area (Å²) >= 11 is 0. The predicted octanol–water partition coefficient (Wildman–Crippen LogP) is 2.17. The molecule has 1 aromatic heterocycles. The first kappa shape index (κ1) is 16.2. The Labute approximate surface area is 137 Å². The van der Waals surface area contributed by atoms with Crippen LogP contribution in [-0.2, 0) is 11.3 Å². The zero-order valence-electron chi connectivity index (χ0n) is 13.4. The summed E-state index contributed by atoms with van der Waals surface area (Å²) in [6.07, 6.45) is 5.73. The molecule has 2 heterocycles. The number of aliphatic hydroxyl groups is 1. The topological polar surface area (TPSA) is 61.4 Å². The fraction of sp³-hybridized carbons (Fsp3) is 0.500. The van der Waals surface area contributed by atoms with Crippen LogP contribution in [0, 0.1) is 0 Å². The first-order chi connectivity index (χ1) is 11.3. The lowest BCUT2D eigenvalue weighted by Crippen LogP contribution is -2.39. The molecule has 0 spiro atoms. The molecular weight excluding hydrogens is 290 g/mol. The molecule has 23 heavy (non-hydrogen) atoms. The van der Waals surface area contributed by atoms with Crippen LogP contribution in [0.2, 0.25) is 0 Å². The summed E-state index contributed by atoms with van der Waals surface area (Å²) in [4.78, 5) is 2.33. The van der Waals surface area contributed by atoms with Crippen molar-refractivity contribution in [3.63, 3.8) is 0 Å². The second kappa shape index (κ2) is 8.24. The van der Waals surface area contributed by atoms with Gasteiger partial charge < -0.3 is 14.7 Å². The number of rotatable bonds is 7. The number of aromatic amines is 1. The van der Waals surface area contributed by atoms with Crippen LogP contribution in [0.1, 0.15) is 29.9 Å². The average Bonchev–Trinajstić information content (AvgIpc) is 3.11. The molecule has 5 heteroatoms. The maximum Gasteiger partial charge on any atom is 0.0900 e. The third-order valence-electron chi connectivity index (χ3n) is 4.47. The Kier molecular flexibility index (Phi) is 5.80. The van der Waals surface area contributed by atoms with Crippen molar-refractivity contribution in [2.45, 2.75) is 31.5 Å². The van der Waals surface area contributed by atoms with Gasteiger partial charge in [-0.3, -0.25) is 5.10 Å². The standard InChI is InChI=1S/C18H25N3O2/c22-18(14-23-13-15-4-2-1-3-5-15)12-21-8-6-16(7-9-21)17-10-19-20-11-17/h1-5,10-11,16,18,22H,6-9,12-14H2,(H,19,20)/t18-/m0/s1. The number of H-pyrrole nitrogens is 1. The van der Waals surface area contributed by atoms with Crippen LogP contribution in [-0.4, -0.2) is 52.5 Å². The molecule has 1 atom stereocenters. The minimum Gasteiger partial charge on any atom is -0.389 e. The summed E-state index contributed by atoms with van der Waals surface area (Å²) in [5.74, 6) is 0.594. The molecule has 1 aromatic carbocycles. The molecule has 1 aliphatic rings. The normalized spacial score (nSPS) is 18.1. The van der Waals surface area contributed by atoms with Crippen LogP contribution in [0.25, 0.3) is 0 Å². The number of aromatic nitrogens is 2. The zero-order chi connectivity index (χ0) is 15.9. The molecule has 1 fully saturated rings. The van der Waals surface area contributed by atoms with Crippen LogP contribution >= 0.6 is 0 Å². The first-order valence-electron chi connectivity index (χ1n) is 8.32. The summed E-state index contributed by atoms with van der Waals surface area (Å²) in [6.45, 7) is 3.67. The summed E-state index contributed by atoms with van der Waals surface area (Å²) in [6, 6.07) is 10.1. The highest BCUT2D eigenvalue weighted by Gasteiger charge is 2.22. The monoisotopic (exact) mass is 315 g/mol. The highest BCUT2D eigenvalue weighted by Crippen LogP contribution is 2.27. The van der Waals surface area contributed by atoms with E-state index in [-0.39, 0.29) is 0 Å².